The van der Waals surface area contributed by atoms with Gasteiger partial charge in [-0.25, -0.2) is 9.07 Å². The quantitative estimate of drug-likeness (QED) is 0.620. The molecule has 0 aliphatic carbocycles. The summed E-state index contributed by atoms with van der Waals surface area (Å²) >= 11 is 1.62. The van der Waals surface area contributed by atoms with E-state index in [2.05, 4.69) is 10.4 Å². The molecule has 1 N–H and O–H groups in total. The molecule has 9 heteroatoms. The lowest BCUT2D eigenvalue weighted by Gasteiger charge is -2.12. The highest BCUT2D eigenvalue weighted by Crippen LogP contribution is 2.36. The molecule has 0 fully saturated rings. The Morgan fingerprint density at radius 2 is 1.86 bits per heavy atom. The highest BCUT2D eigenvalue weighted by atomic mass is 32.2. The van der Waals surface area contributed by atoms with E-state index in [-0.39, 0.29) is 5.56 Å². The summed E-state index contributed by atoms with van der Waals surface area (Å²) in [5, 5.41) is 7.16. The van der Waals surface area contributed by atoms with Gasteiger partial charge >= 0.3 is 6.18 Å². The first kappa shape index (κ1) is 18.5. The summed E-state index contributed by atoms with van der Waals surface area (Å²) < 4.78 is 53.5. The van der Waals surface area contributed by atoms with Gasteiger partial charge in [-0.05, 0) is 42.5 Å². The molecule has 0 radical (unpaired) electrons. The van der Waals surface area contributed by atoms with Crippen molar-refractivity contribution in [2.24, 2.45) is 0 Å². The maximum Gasteiger partial charge on any atom is 0.416 e. The van der Waals surface area contributed by atoms with Gasteiger partial charge in [0.25, 0.3) is 5.91 Å². The number of halogens is 4. The number of aromatic nitrogens is 2. The average molecular weight is 407 g/mol. The molecular weight excluding hydrogens is 394 g/mol. The molecule has 0 spiro atoms. The fraction of sp³-hybridized carbons (Fsp3) is 0.158. The minimum Gasteiger partial charge on any atom is -0.306 e. The van der Waals surface area contributed by atoms with E-state index in [1.807, 2.05) is 0 Å². The van der Waals surface area contributed by atoms with E-state index in [9.17, 15) is 22.4 Å². The van der Waals surface area contributed by atoms with Crippen molar-refractivity contribution in [3.05, 3.63) is 76.7 Å². The predicted octanol–water partition coefficient (Wildman–Crippen LogP) is 5.03. The van der Waals surface area contributed by atoms with Crippen molar-refractivity contribution < 1.29 is 22.4 Å². The molecule has 1 amide bonds. The molecule has 1 aliphatic rings. The van der Waals surface area contributed by atoms with E-state index >= 15 is 0 Å². The van der Waals surface area contributed by atoms with E-state index in [1.165, 1.54) is 41.1 Å². The lowest BCUT2D eigenvalue weighted by atomic mass is 10.1. The zero-order valence-electron chi connectivity index (χ0n) is 14.3. The molecule has 4 nitrogen and oxygen atoms in total. The van der Waals surface area contributed by atoms with Crippen LogP contribution in [0.4, 0.5) is 23.4 Å². The number of nitrogens with one attached hydrogen (secondary N) is 1. The van der Waals surface area contributed by atoms with Gasteiger partial charge in [0, 0.05) is 22.6 Å². The summed E-state index contributed by atoms with van der Waals surface area (Å²) in [7, 11) is 0. The van der Waals surface area contributed by atoms with Gasteiger partial charge in [0.1, 0.15) is 11.6 Å². The topological polar surface area (TPSA) is 46.9 Å². The Morgan fingerprint density at radius 1 is 1.11 bits per heavy atom. The molecule has 1 aliphatic heterocycles. The lowest BCUT2D eigenvalue weighted by Crippen LogP contribution is -2.17. The number of thioether (sulfide) groups is 1. The fourth-order valence-corrected chi connectivity index (χ4v) is 3.96. The van der Waals surface area contributed by atoms with Crippen molar-refractivity contribution >= 4 is 23.5 Å². The summed E-state index contributed by atoms with van der Waals surface area (Å²) in [6, 6.07) is 9.81. The molecule has 2 heterocycles. The third-order valence-electron chi connectivity index (χ3n) is 4.31. The van der Waals surface area contributed by atoms with Crippen LogP contribution >= 0.6 is 11.8 Å². The Bertz CT molecular complexity index is 1040. The molecule has 0 saturated carbocycles. The van der Waals surface area contributed by atoms with Gasteiger partial charge in [0.05, 0.1) is 16.9 Å². The third kappa shape index (κ3) is 3.49. The van der Waals surface area contributed by atoms with Gasteiger partial charge in [0.15, 0.2) is 0 Å². The second-order valence-corrected chi connectivity index (χ2v) is 7.17. The van der Waals surface area contributed by atoms with Crippen LogP contribution in [0.2, 0.25) is 0 Å². The number of rotatable bonds is 3. The fourth-order valence-electron chi connectivity index (χ4n) is 2.93. The smallest absolute Gasteiger partial charge is 0.306 e. The summed E-state index contributed by atoms with van der Waals surface area (Å²) in [6.45, 7) is 0. The normalized spacial score (nSPS) is 13.4. The van der Waals surface area contributed by atoms with Crippen LogP contribution in [-0.2, 0) is 17.7 Å². The molecule has 0 atom stereocenters. The van der Waals surface area contributed by atoms with E-state index in [4.69, 9.17) is 0 Å². The van der Waals surface area contributed by atoms with Crippen molar-refractivity contribution in [3.8, 4) is 5.69 Å². The van der Waals surface area contributed by atoms with Crippen molar-refractivity contribution in [2.45, 2.75) is 17.7 Å². The molecular formula is C19H13F4N3OS. The highest BCUT2D eigenvalue weighted by Gasteiger charge is 2.31. The standard InChI is InChI=1S/C19H13F4N3OS/c20-13-4-6-14(7-5-13)26-17(15-9-28-10-16(15)25-26)24-18(27)11-2-1-3-12(8-11)19(21,22)23/h1-8H,9-10H2,(H,24,27). The molecule has 1 aromatic heterocycles. The Hall–Kier alpha value is -2.81. The monoisotopic (exact) mass is 407 g/mol. The summed E-state index contributed by atoms with van der Waals surface area (Å²) in [4.78, 5) is 12.6. The number of fused-ring (bicyclic) bond motifs is 1. The number of anilines is 1. The number of benzene rings is 2. The Kier molecular flexibility index (Phi) is 4.62. The largest absolute Gasteiger partial charge is 0.416 e. The van der Waals surface area contributed by atoms with Gasteiger partial charge in [-0.3, -0.25) is 4.79 Å². The third-order valence-corrected chi connectivity index (χ3v) is 5.28. The molecule has 3 aromatic rings. The number of hydrogen-bond acceptors (Lipinski definition) is 3. The minimum atomic E-state index is -4.54. The zero-order valence-corrected chi connectivity index (χ0v) is 15.1. The first-order chi connectivity index (χ1) is 13.3. The number of nitrogens with zero attached hydrogens (tertiary/aromatic N) is 2. The Labute approximate surface area is 161 Å². The molecule has 4 rings (SSSR count). The molecule has 0 bridgehead atoms. The van der Waals surface area contributed by atoms with E-state index in [0.717, 1.165) is 23.4 Å². The maximum atomic E-state index is 13.2. The Balaban J connectivity index is 1.70. The van der Waals surface area contributed by atoms with Crippen LogP contribution < -0.4 is 5.32 Å². The molecule has 2 aromatic carbocycles. The van der Waals surface area contributed by atoms with Gasteiger partial charge in [0.2, 0.25) is 0 Å². The van der Waals surface area contributed by atoms with Gasteiger partial charge in [-0.2, -0.15) is 30.0 Å². The number of amides is 1. The first-order valence-electron chi connectivity index (χ1n) is 8.26. The maximum absolute atomic E-state index is 13.2. The predicted molar refractivity (Wildman–Crippen MR) is 97.9 cm³/mol. The lowest BCUT2D eigenvalue weighted by molar-refractivity contribution is -0.137. The number of carbonyl (C=O) groups excluding carboxylic acids is 1. The van der Waals surface area contributed by atoms with Gasteiger partial charge < -0.3 is 5.32 Å². The number of hydrogen-bond donors (Lipinski definition) is 1. The first-order valence-corrected chi connectivity index (χ1v) is 9.41. The van der Waals surface area contributed by atoms with Crippen LogP contribution in [0.25, 0.3) is 5.69 Å². The van der Waals surface area contributed by atoms with Crippen molar-refractivity contribution in [1.29, 1.82) is 0 Å². The van der Waals surface area contributed by atoms with Crippen molar-refractivity contribution in [1.82, 2.24) is 9.78 Å². The molecule has 144 valence electrons. The summed E-state index contributed by atoms with van der Waals surface area (Å²) in [5.74, 6) is 0.585. The van der Waals surface area contributed by atoms with E-state index < -0.39 is 23.5 Å². The van der Waals surface area contributed by atoms with Crippen LogP contribution in [0, 0.1) is 5.82 Å². The van der Waals surface area contributed by atoms with Crippen molar-refractivity contribution in [3.63, 3.8) is 0 Å². The minimum absolute atomic E-state index is 0.110. The average Bonchev–Trinajstić information content (AvgIpc) is 3.24. The Morgan fingerprint density at radius 3 is 2.57 bits per heavy atom. The van der Waals surface area contributed by atoms with Gasteiger partial charge in [-0.1, -0.05) is 6.07 Å². The molecule has 0 unspecified atom stereocenters. The number of carbonyl (C=O) groups is 1. The number of alkyl halides is 3. The summed E-state index contributed by atoms with van der Waals surface area (Å²) in [5.41, 5.74) is 1.14. The van der Waals surface area contributed by atoms with Crippen LogP contribution in [0.5, 0.6) is 0 Å². The van der Waals surface area contributed by atoms with Crippen LogP contribution in [0.1, 0.15) is 27.2 Å². The van der Waals surface area contributed by atoms with Crippen LogP contribution in [0.15, 0.2) is 48.5 Å². The van der Waals surface area contributed by atoms with E-state index in [1.54, 1.807) is 11.8 Å². The van der Waals surface area contributed by atoms with Gasteiger partial charge in [-0.15, -0.1) is 0 Å². The SMILES string of the molecule is O=C(Nc1c2c(nn1-c1ccc(F)cc1)CSC2)c1cccc(C(F)(F)F)c1. The van der Waals surface area contributed by atoms with E-state index in [0.29, 0.717) is 23.0 Å². The van der Waals surface area contributed by atoms with Crippen molar-refractivity contribution in [2.75, 3.05) is 5.32 Å². The van der Waals surface area contributed by atoms with Crippen LogP contribution in [0.3, 0.4) is 0 Å². The molecule has 0 saturated heterocycles. The summed E-state index contributed by atoms with van der Waals surface area (Å²) in [6.07, 6.45) is -4.54. The second kappa shape index (κ2) is 6.97. The zero-order chi connectivity index (χ0) is 19.9. The second-order valence-electron chi connectivity index (χ2n) is 6.19. The van der Waals surface area contributed by atoms with Crippen LogP contribution in [-0.4, -0.2) is 15.7 Å². The highest BCUT2D eigenvalue weighted by molar-refractivity contribution is 7.98. The molecule has 28 heavy (non-hydrogen) atoms.